The topological polar surface area (TPSA) is 50.4 Å². The molecule has 5 heteroatoms. The Labute approximate surface area is 145 Å². The number of nitrogens with one attached hydrogen (secondary N) is 2. The fraction of sp³-hybridized carbons (Fsp3) is 0.556. The Morgan fingerprint density at radius 2 is 1.78 bits per heavy atom. The van der Waals surface area contributed by atoms with Crippen molar-refractivity contribution in [3.05, 3.63) is 24.3 Å². The molecule has 0 heterocycles. The minimum Gasteiger partial charge on any atom is -0.491 e. The lowest BCUT2D eigenvalue weighted by molar-refractivity contribution is -0.119. The minimum absolute atomic E-state index is 0.0289. The van der Waals surface area contributed by atoms with Crippen LogP contribution in [0, 0.1) is 0 Å². The summed E-state index contributed by atoms with van der Waals surface area (Å²) in [7, 11) is 0. The molecule has 0 aliphatic carbocycles. The number of benzene rings is 1. The standard InChI is InChI=1S/C18H28N2O2S/c1-4-5-6-7-8-9-17(21)20-18(23)19-15-10-12-16(13-11-15)22-14(2)3/h10-14H,4-9H2,1-3H3,(H2,19,20,21,23). The zero-order valence-corrected chi connectivity index (χ0v) is 15.2. The summed E-state index contributed by atoms with van der Waals surface area (Å²) < 4.78 is 5.58. The summed E-state index contributed by atoms with van der Waals surface area (Å²) >= 11 is 5.16. The van der Waals surface area contributed by atoms with Crippen LogP contribution in [0.5, 0.6) is 5.75 Å². The van der Waals surface area contributed by atoms with Crippen molar-refractivity contribution in [3.63, 3.8) is 0 Å². The van der Waals surface area contributed by atoms with Gasteiger partial charge < -0.3 is 15.4 Å². The summed E-state index contributed by atoms with van der Waals surface area (Å²) in [5.41, 5.74) is 0.828. The first kappa shape index (κ1) is 19.4. The molecule has 23 heavy (non-hydrogen) atoms. The van der Waals surface area contributed by atoms with Crippen molar-refractivity contribution in [1.29, 1.82) is 0 Å². The van der Waals surface area contributed by atoms with Crippen LogP contribution in [0.1, 0.15) is 59.3 Å². The van der Waals surface area contributed by atoms with Crippen molar-refractivity contribution in [3.8, 4) is 5.75 Å². The summed E-state index contributed by atoms with van der Waals surface area (Å²) in [6, 6.07) is 7.50. The Kier molecular flexibility index (Phi) is 9.29. The van der Waals surface area contributed by atoms with E-state index in [1.807, 2.05) is 38.1 Å². The number of thiocarbonyl (C=S) groups is 1. The van der Waals surface area contributed by atoms with E-state index in [-0.39, 0.29) is 12.0 Å². The number of rotatable bonds is 9. The molecule has 2 N–H and O–H groups in total. The minimum atomic E-state index is -0.0289. The Bertz CT molecular complexity index is 486. The fourth-order valence-corrected chi connectivity index (χ4v) is 2.36. The van der Waals surface area contributed by atoms with Gasteiger partial charge in [0.2, 0.25) is 5.91 Å². The number of carbonyl (C=O) groups is 1. The third kappa shape index (κ3) is 9.18. The zero-order valence-electron chi connectivity index (χ0n) is 14.4. The third-order valence-electron chi connectivity index (χ3n) is 3.24. The first-order chi connectivity index (χ1) is 11.0. The number of ether oxygens (including phenoxy) is 1. The highest BCUT2D eigenvalue weighted by molar-refractivity contribution is 7.80. The average molecular weight is 337 g/mol. The summed E-state index contributed by atoms with van der Waals surface area (Å²) in [4.78, 5) is 11.8. The van der Waals surface area contributed by atoms with Crippen molar-refractivity contribution in [1.82, 2.24) is 5.32 Å². The van der Waals surface area contributed by atoms with Crippen LogP contribution in [0.3, 0.4) is 0 Å². The fourth-order valence-electron chi connectivity index (χ4n) is 2.13. The van der Waals surface area contributed by atoms with Crippen molar-refractivity contribution in [2.24, 2.45) is 0 Å². The maximum Gasteiger partial charge on any atom is 0.226 e. The van der Waals surface area contributed by atoms with Gasteiger partial charge in [0.15, 0.2) is 5.11 Å². The van der Waals surface area contributed by atoms with Crippen molar-refractivity contribution < 1.29 is 9.53 Å². The highest BCUT2D eigenvalue weighted by atomic mass is 32.1. The first-order valence-electron chi connectivity index (χ1n) is 8.38. The number of hydrogen-bond donors (Lipinski definition) is 2. The van der Waals surface area contributed by atoms with Crippen molar-refractivity contribution in [2.75, 3.05) is 5.32 Å². The Balaban J connectivity index is 2.28. The predicted octanol–water partition coefficient (Wildman–Crippen LogP) is 4.65. The van der Waals surface area contributed by atoms with Gasteiger partial charge in [0, 0.05) is 12.1 Å². The van der Waals surface area contributed by atoms with E-state index in [2.05, 4.69) is 17.6 Å². The maximum absolute atomic E-state index is 11.8. The molecule has 0 aliphatic rings. The molecule has 4 nitrogen and oxygen atoms in total. The largest absolute Gasteiger partial charge is 0.491 e. The number of hydrogen-bond acceptors (Lipinski definition) is 3. The molecule has 0 saturated carbocycles. The summed E-state index contributed by atoms with van der Waals surface area (Å²) in [6.07, 6.45) is 6.31. The average Bonchev–Trinajstić information content (AvgIpc) is 2.48. The Morgan fingerprint density at radius 3 is 2.39 bits per heavy atom. The van der Waals surface area contributed by atoms with E-state index in [1.54, 1.807) is 0 Å². The molecule has 0 saturated heterocycles. The monoisotopic (exact) mass is 336 g/mol. The van der Waals surface area contributed by atoms with Gasteiger partial charge in [-0.1, -0.05) is 32.6 Å². The molecule has 1 amide bonds. The van der Waals surface area contributed by atoms with Gasteiger partial charge in [0.05, 0.1) is 6.10 Å². The van der Waals surface area contributed by atoms with Crippen LogP contribution >= 0.6 is 12.2 Å². The van der Waals surface area contributed by atoms with E-state index < -0.39 is 0 Å². The van der Waals surface area contributed by atoms with E-state index in [4.69, 9.17) is 17.0 Å². The third-order valence-corrected chi connectivity index (χ3v) is 3.45. The molecule has 0 atom stereocenters. The Hall–Kier alpha value is -1.62. The smallest absolute Gasteiger partial charge is 0.226 e. The molecule has 0 bridgehead atoms. The van der Waals surface area contributed by atoms with E-state index in [0.29, 0.717) is 11.5 Å². The lowest BCUT2D eigenvalue weighted by Gasteiger charge is -2.12. The highest BCUT2D eigenvalue weighted by Gasteiger charge is 2.05. The second-order valence-electron chi connectivity index (χ2n) is 5.86. The molecule has 0 unspecified atom stereocenters. The second-order valence-corrected chi connectivity index (χ2v) is 6.27. The highest BCUT2D eigenvalue weighted by Crippen LogP contribution is 2.16. The van der Waals surface area contributed by atoms with Gasteiger partial charge in [-0.3, -0.25) is 4.79 Å². The lowest BCUT2D eigenvalue weighted by atomic mass is 10.1. The zero-order chi connectivity index (χ0) is 17.1. The molecule has 0 aliphatic heterocycles. The molecule has 1 rings (SSSR count). The molecule has 0 aromatic heterocycles. The predicted molar refractivity (Wildman–Crippen MR) is 99.9 cm³/mol. The van der Waals surface area contributed by atoms with Gasteiger partial charge in [0.1, 0.15) is 5.75 Å². The first-order valence-corrected chi connectivity index (χ1v) is 8.79. The summed E-state index contributed by atoms with van der Waals surface area (Å²) in [6.45, 7) is 6.15. The van der Waals surface area contributed by atoms with E-state index >= 15 is 0 Å². The van der Waals surface area contributed by atoms with Gasteiger partial charge in [0.25, 0.3) is 0 Å². The van der Waals surface area contributed by atoms with Gasteiger partial charge in [-0.05, 0) is 56.8 Å². The normalized spacial score (nSPS) is 10.4. The van der Waals surface area contributed by atoms with Crippen LogP contribution in [-0.2, 0) is 4.79 Å². The molecule has 0 spiro atoms. The van der Waals surface area contributed by atoms with Gasteiger partial charge in [-0.25, -0.2) is 0 Å². The SMILES string of the molecule is CCCCCCCC(=O)NC(=S)Nc1ccc(OC(C)C)cc1. The van der Waals surface area contributed by atoms with E-state index in [0.717, 1.165) is 24.3 Å². The van der Waals surface area contributed by atoms with E-state index in [1.165, 1.54) is 19.3 Å². The van der Waals surface area contributed by atoms with Crippen molar-refractivity contribution >= 4 is 28.9 Å². The van der Waals surface area contributed by atoms with E-state index in [9.17, 15) is 4.79 Å². The van der Waals surface area contributed by atoms with Crippen LogP contribution in [0.4, 0.5) is 5.69 Å². The molecule has 128 valence electrons. The lowest BCUT2D eigenvalue weighted by Crippen LogP contribution is -2.33. The van der Waals surface area contributed by atoms with Gasteiger partial charge >= 0.3 is 0 Å². The molecule has 0 fully saturated rings. The maximum atomic E-state index is 11.8. The van der Waals surface area contributed by atoms with Crippen molar-refractivity contribution in [2.45, 2.75) is 65.4 Å². The van der Waals surface area contributed by atoms with Gasteiger partial charge in [-0.2, -0.15) is 0 Å². The van der Waals surface area contributed by atoms with Crippen LogP contribution in [-0.4, -0.2) is 17.1 Å². The van der Waals surface area contributed by atoms with Crippen LogP contribution in [0.15, 0.2) is 24.3 Å². The van der Waals surface area contributed by atoms with Gasteiger partial charge in [-0.15, -0.1) is 0 Å². The number of amides is 1. The summed E-state index contributed by atoms with van der Waals surface area (Å²) in [5, 5.41) is 6.06. The Morgan fingerprint density at radius 1 is 1.13 bits per heavy atom. The molecular weight excluding hydrogens is 308 g/mol. The molecular formula is C18H28N2O2S. The second kappa shape index (κ2) is 11.0. The van der Waals surface area contributed by atoms with Crippen LogP contribution < -0.4 is 15.4 Å². The number of unbranched alkanes of at least 4 members (excludes halogenated alkanes) is 4. The number of anilines is 1. The molecule has 1 aromatic rings. The molecule has 1 aromatic carbocycles. The quantitative estimate of drug-likeness (QED) is 0.509. The van der Waals surface area contributed by atoms with Crippen LogP contribution in [0.25, 0.3) is 0 Å². The summed E-state index contributed by atoms with van der Waals surface area (Å²) in [5.74, 6) is 0.784. The molecule has 0 radical (unpaired) electrons. The number of carbonyl (C=O) groups excluding carboxylic acids is 1. The van der Waals surface area contributed by atoms with Crippen LogP contribution in [0.2, 0.25) is 0 Å².